The third-order valence-corrected chi connectivity index (χ3v) is 4.58. The second kappa shape index (κ2) is 5.74. The van der Waals surface area contributed by atoms with Gasteiger partial charge in [0.15, 0.2) is 0 Å². The largest absolute Gasteiger partial charge is 0.298 e. The predicted molar refractivity (Wildman–Crippen MR) is 89.0 cm³/mol. The minimum atomic E-state index is -0.0727. The van der Waals surface area contributed by atoms with Crippen LogP contribution in [-0.2, 0) is 6.54 Å². The van der Waals surface area contributed by atoms with Gasteiger partial charge in [0, 0.05) is 17.5 Å². The first-order valence-electron chi connectivity index (χ1n) is 7.03. The summed E-state index contributed by atoms with van der Waals surface area (Å²) in [4.78, 5) is 17.8. The summed E-state index contributed by atoms with van der Waals surface area (Å²) in [6.45, 7) is 4.48. The molecule has 0 N–H and O–H groups in total. The van der Waals surface area contributed by atoms with E-state index in [1.807, 2.05) is 5.38 Å². The van der Waals surface area contributed by atoms with Crippen LogP contribution < -0.4 is 5.56 Å². The van der Waals surface area contributed by atoms with E-state index in [4.69, 9.17) is 5.26 Å². The minimum Gasteiger partial charge on any atom is -0.298 e. The molecule has 0 saturated heterocycles. The van der Waals surface area contributed by atoms with Gasteiger partial charge in [-0.3, -0.25) is 9.36 Å². The van der Waals surface area contributed by atoms with Crippen LogP contribution in [0.5, 0.6) is 0 Å². The molecule has 4 nitrogen and oxygen atoms in total. The van der Waals surface area contributed by atoms with Gasteiger partial charge in [-0.15, -0.1) is 11.3 Å². The maximum Gasteiger partial charge on any atom is 0.262 e. The van der Waals surface area contributed by atoms with Crippen LogP contribution in [0.2, 0.25) is 0 Å². The van der Waals surface area contributed by atoms with E-state index in [0.29, 0.717) is 18.4 Å². The molecule has 0 fully saturated rings. The van der Waals surface area contributed by atoms with Crippen LogP contribution in [0.15, 0.2) is 34.7 Å². The van der Waals surface area contributed by atoms with E-state index in [1.54, 1.807) is 0 Å². The maximum atomic E-state index is 12.7. The monoisotopic (exact) mass is 309 g/mol. The second-order valence-corrected chi connectivity index (χ2v) is 6.16. The lowest BCUT2D eigenvalue weighted by Gasteiger charge is -2.07. The smallest absolute Gasteiger partial charge is 0.262 e. The van der Waals surface area contributed by atoms with Crippen molar-refractivity contribution in [2.45, 2.75) is 26.8 Å². The molecule has 0 aliphatic carbocycles. The van der Waals surface area contributed by atoms with Crippen LogP contribution in [-0.4, -0.2) is 9.55 Å². The number of nitrogens with zero attached hydrogens (tertiary/aromatic N) is 3. The Balaban J connectivity index is 2.23. The van der Waals surface area contributed by atoms with Gasteiger partial charge in [-0.25, -0.2) is 4.98 Å². The van der Waals surface area contributed by atoms with Gasteiger partial charge in [0.05, 0.1) is 24.2 Å². The van der Waals surface area contributed by atoms with Crippen LogP contribution in [0.25, 0.3) is 21.3 Å². The molecule has 22 heavy (non-hydrogen) atoms. The number of hydrogen-bond acceptors (Lipinski definition) is 4. The molecule has 2 aromatic heterocycles. The van der Waals surface area contributed by atoms with Crippen molar-refractivity contribution >= 4 is 21.6 Å². The first-order valence-corrected chi connectivity index (χ1v) is 7.91. The normalized spacial score (nSPS) is 10.8. The van der Waals surface area contributed by atoms with E-state index in [-0.39, 0.29) is 5.56 Å². The van der Waals surface area contributed by atoms with Crippen molar-refractivity contribution in [1.82, 2.24) is 9.55 Å². The fourth-order valence-electron chi connectivity index (χ4n) is 2.61. The summed E-state index contributed by atoms with van der Waals surface area (Å²) >= 11 is 1.48. The van der Waals surface area contributed by atoms with Crippen molar-refractivity contribution in [2.24, 2.45) is 0 Å². The van der Waals surface area contributed by atoms with Gasteiger partial charge in [-0.1, -0.05) is 23.8 Å². The summed E-state index contributed by atoms with van der Waals surface area (Å²) in [5.41, 5.74) is 4.27. The van der Waals surface area contributed by atoms with E-state index >= 15 is 0 Å². The Morgan fingerprint density at radius 1 is 1.32 bits per heavy atom. The Hall–Kier alpha value is -2.45. The van der Waals surface area contributed by atoms with Crippen LogP contribution >= 0.6 is 11.3 Å². The molecule has 5 heteroatoms. The number of aromatic nitrogens is 2. The summed E-state index contributed by atoms with van der Waals surface area (Å²) in [5.74, 6) is 0. The van der Waals surface area contributed by atoms with E-state index in [1.165, 1.54) is 27.8 Å². The maximum absolute atomic E-state index is 12.7. The zero-order valence-electron chi connectivity index (χ0n) is 12.5. The van der Waals surface area contributed by atoms with Crippen LogP contribution in [0.3, 0.4) is 0 Å². The van der Waals surface area contributed by atoms with E-state index in [0.717, 1.165) is 21.5 Å². The molecule has 3 rings (SSSR count). The molecular formula is C17H15N3OS. The van der Waals surface area contributed by atoms with Crippen molar-refractivity contribution in [3.63, 3.8) is 0 Å². The summed E-state index contributed by atoms with van der Waals surface area (Å²) in [7, 11) is 0. The molecule has 0 saturated carbocycles. The van der Waals surface area contributed by atoms with Gasteiger partial charge in [0.1, 0.15) is 4.83 Å². The van der Waals surface area contributed by atoms with Crippen LogP contribution in [0.4, 0.5) is 0 Å². The van der Waals surface area contributed by atoms with Crippen LogP contribution in [0, 0.1) is 25.2 Å². The summed E-state index contributed by atoms with van der Waals surface area (Å²) in [6.07, 6.45) is 1.83. The van der Waals surface area contributed by atoms with E-state index < -0.39 is 0 Å². The Morgan fingerprint density at radius 2 is 2.14 bits per heavy atom. The van der Waals surface area contributed by atoms with Crippen LogP contribution in [0.1, 0.15) is 17.5 Å². The Kier molecular flexibility index (Phi) is 3.78. The van der Waals surface area contributed by atoms with Crippen molar-refractivity contribution < 1.29 is 0 Å². The fourth-order valence-corrected chi connectivity index (χ4v) is 3.51. The van der Waals surface area contributed by atoms with Gasteiger partial charge in [0.25, 0.3) is 5.56 Å². The third kappa shape index (κ3) is 2.42. The Morgan fingerprint density at radius 3 is 2.86 bits per heavy atom. The zero-order valence-corrected chi connectivity index (χ0v) is 13.3. The zero-order chi connectivity index (χ0) is 15.7. The molecule has 0 radical (unpaired) electrons. The molecule has 1 aromatic carbocycles. The van der Waals surface area contributed by atoms with Crippen molar-refractivity contribution in [3.8, 4) is 17.2 Å². The molecule has 110 valence electrons. The summed E-state index contributed by atoms with van der Waals surface area (Å²) < 4.78 is 1.52. The second-order valence-electron chi connectivity index (χ2n) is 5.30. The number of aryl methyl sites for hydroxylation is 3. The standard InChI is InChI=1S/C17H15N3OS/c1-11-4-5-13(12(2)8-11)14-9-22-16-15(14)17(21)20(10-19-16)7-3-6-18/h4-5,8-10H,3,7H2,1-2H3. The molecule has 0 unspecified atom stereocenters. The number of thiophene rings is 1. The first kappa shape index (κ1) is 14.5. The average molecular weight is 309 g/mol. The molecule has 0 bridgehead atoms. The summed E-state index contributed by atoms with van der Waals surface area (Å²) in [6, 6.07) is 8.28. The Labute approximate surface area is 132 Å². The highest BCUT2D eigenvalue weighted by atomic mass is 32.1. The predicted octanol–water partition coefficient (Wildman–Crippen LogP) is 3.66. The lowest BCUT2D eigenvalue weighted by molar-refractivity contribution is 0.679. The highest BCUT2D eigenvalue weighted by molar-refractivity contribution is 7.17. The molecule has 2 heterocycles. The summed E-state index contributed by atoms with van der Waals surface area (Å²) in [5, 5.41) is 11.3. The lowest BCUT2D eigenvalue weighted by atomic mass is 9.99. The van der Waals surface area contributed by atoms with Crippen molar-refractivity contribution in [2.75, 3.05) is 0 Å². The highest BCUT2D eigenvalue weighted by Gasteiger charge is 2.14. The van der Waals surface area contributed by atoms with Crippen molar-refractivity contribution in [1.29, 1.82) is 5.26 Å². The molecule has 3 aromatic rings. The fraction of sp³-hybridized carbons (Fsp3) is 0.235. The minimum absolute atomic E-state index is 0.0727. The first-order chi connectivity index (χ1) is 10.6. The topological polar surface area (TPSA) is 58.7 Å². The Bertz CT molecular complexity index is 947. The van der Waals surface area contributed by atoms with Gasteiger partial charge < -0.3 is 0 Å². The molecule has 0 spiro atoms. The van der Waals surface area contributed by atoms with E-state index in [2.05, 4.69) is 43.1 Å². The van der Waals surface area contributed by atoms with Gasteiger partial charge >= 0.3 is 0 Å². The third-order valence-electron chi connectivity index (χ3n) is 3.70. The molecular weight excluding hydrogens is 294 g/mol. The van der Waals surface area contributed by atoms with Gasteiger partial charge in [-0.2, -0.15) is 5.26 Å². The number of nitriles is 1. The highest BCUT2D eigenvalue weighted by Crippen LogP contribution is 2.32. The van der Waals surface area contributed by atoms with Gasteiger partial charge in [0.2, 0.25) is 0 Å². The number of hydrogen-bond donors (Lipinski definition) is 0. The SMILES string of the molecule is Cc1ccc(-c2csc3ncn(CCC#N)c(=O)c23)c(C)c1. The average Bonchev–Trinajstić information content (AvgIpc) is 2.91. The van der Waals surface area contributed by atoms with Crippen molar-refractivity contribution in [3.05, 3.63) is 51.4 Å². The van der Waals surface area contributed by atoms with E-state index in [9.17, 15) is 4.79 Å². The quantitative estimate of drug-likeness (QED) is 0.742. The number of benzene rings is 1. The lowest BCUT2D eigenvalue weighted by Crippen LogP contribution is -2.20. The van der Waals surface area contributed by atoms with Gasteiger partial charge in [-0.05, 0) is 25.0 Å². The molecule has 0 aliphatic rings. The number of rotatable bonds is 3. The number of fused-ring (bicyclic) bond motifs is 1. The molecule has 0 atom stereocenters. The molecule has 0 aliphatic heterocycles. The molecule has 0 amide bonds.